The summed E-state index contributed by atoms with van der Waals surface area (Å²) in [7, 11) is 1.42. The SMILES string of the molecule is COc1ccc([C@H](C)NC(=O)c2ccc(SC)cc2)cc1F. The van der Waals surface area contributed by atoms with Crippen molar-refractivity contribution in [3.63, 3.8) is 0 Å². The van der Waals surface area contributed by atoms with Crippen LogP contribution in [0.15, 0.2) is 47.4 Å². The Bertz CT molecular complexity index is 658. The van der Waals surface area contributed by atoms with E-state index in [2.05, 4.69) is 5.32 Å². The molecule has 5 heteroatoms. The third-order valence-electron chi connectivity index (χ3n) is 3.38. The molecule has 1 N–H and O–H groups in total. The third-order valence-corrected chi connectivity index (χ3v) is 4.12. The number of nitrogens with one attached hydrogen (secondary N) is 1. The Labute approximate surface area is 133 Å². The molecule has 0 aliphatic heterocycles. The molecule has 0 aromatic heterocycles. The number of benzene rings is 2. The van der Waals surface area contributed by atoms with Gasteiger partial charge in [-0.1, -0.05) is 6.07 Å². The highest BCUT2D eigenvalue weighted by atomic mass is 32.2. The maximum absolute atomic E-state index is 13.7. The number of hydrogen-bond donors (Lipinski definition) is 1. The first-order valence-electron chi connectivity index (χ1n) is 6.83. The Hall–Kier alpha value is -2.01. The molecule has 1 atom stereocenters. The topological polar surface area (TPSA) is 38.3 Å². The van der Waals surface area contributed by atoms with Crippen molar-refractivity contribution in [2.24, 2.45) is 0 Å². The van der Waals surface area contributed by atoms with Gasteiger partial charge in [0.1, 0.15) is 0 Å². The van der Waals surface area contributed by atoms with Crippen LogP contribution >= 0.6 is 11.8 Å². The van der Waals surface area contributed by atoms with Crippen LogP contribution in [-0.4, -0.2) is 19.3 Å². The summed E-state index contributed by atoms with van der Waals surface area (Å²) in [5.74, 6) is -0.434. The molecule has 0 saturated carbocycles. The summed E-state index contributed by atoms with van der Waals surface area (Å²) in [5.41, 5.74) is 1.27. The molecule has 0 radical (unpaired) electrons. The minimum atomic E-state index is -0.439. The highest BCUT2D eigenvalue weighted by Gasteiger charge is 2.13. The monoisotopic (exact) mass is 319 g/mol. The standard InChI is InChI=1S/C17H18FNO2S/c1-11(13-6-9-16(21-2)15(18)10-13)19-17(20)12-4-7-14(22-3)8-5-12/h4-11H,1-3H3,(H,19,20)/t11-/m0/s1. The molecule has 1 amide bonds. The lowest BCUT2D eigenvalue weighted by molar-refractivity contribution is 0.0939. The average Bonchev–Trinajstić information content (AvgIpc) is 2.54. The zero-order valence-corrected chi connectivity index (χ0v) is 13.5. The molecule has 22 heavy (non-hydrogen) atoms. The number of halogens is 1. The van der Waals surface area contributed by atoms with Gasteiger partial charge in [-0.15, -0.1) is 11.8 Å². The smallest absolute Gasteiger partial charge is 0.251 e. The van der Waals surface area contributed by atoms with Crippen LogP contribution in [0.25, 0.3) is 0 Å². The fourth-order valence-corrected chi connectivity index (χ4v) is 2.47. The Morgan fingerprint density at radius 2 is 1.91 bits per heavy atom. The number of carbonyl (C=O) groups excluding carboxylic acids is 1. The van der Waals surface area contributed by atoms with Crippen LogP contribution < -0.4 is 10.1 Å². The molecule has 2 rings (SSSR count). The Morgan fingerprint density at radius 3 is 2.45 bits per heavy atom. The molecule has 0 spiro atoms. The van der Waals surface area contributed by atoms with Gasteiger partial charge in [0.2, 0.25) is 0 Å². The molecule has 0 heterocycles. The zero-order valence-electron chi connectivity index (χ0n) is 12.7. The van der Waals surface area contributed by atoms with E-state index in [1.54, 1.807) is 36.0 Å². The van der Waals surface area contributed by atoms with Crippen molar-refractivity contribution in [2.75, 3.05) is 13.4 Å². The van der Waals surface area contributed by atoms with Crippen LogP contribution in [-0.2, 0) is 0 Å². The quantitative estimate of drug-likeness (QED) is 0.845. The molecule has 0 aliphatic carbocycles. The summed E-state index contributed by atoms with van der Waals surface area (Å²) >= 11 is 1.62. The molecule has 2 aromatic carbocycles. The van der Waals surface area contributed by atoms with Gasteiger partial charge in [0.25, 0.3) is 5.91 Å². The maximum atomic E-state index is 13.7. The van der Waals surface area contributed by atoms with Crippen molar-refractivity contribution in [2.45, 2.75) is 17.9 Å². The van der Waals surface area contributed by atoms with Gasteiger partial charge in [-0.3, -0.25) is 4.79 Å². The van der Waals surface area contributed by atoms with Gasteiger partial charge in [-0.25, -0.2) is 4.39 Å². The van der Waals surface area contributed by atoms with Gasteiger partial charge >= 0.3 is 0 Å². The molecule has 116 valence electrons. The highest BCUT2D eigenvalue weighted by Crippen LogP contribution is 2.22. The summed E-state index contributed by atoms with van der Waals surface area (Å²) in [6.07, 6.45) is 1.98. The lowest BCUT2D eigenvalue weighted by atomic mass is 10.1. The van der Waals surface area contributed by atoms with Crippen LogP contribution in [0.1, 0.15) is 28.9 Å². The third kappa shape index (κ3) is 3.80. The molecule has 0 saturated heterocycles. The average molecular weight is 319 g/mol. The van der Waals surface area contributed by atoms with Gasteiger partial charge in [0.05, 0.1) is 13.2 Å². The van der Waals surface area contributed by atoms with E-state index in [1.165, 1.54) is 13.2 Å². The molecule has 3 nitrogen and oxygen atoms in total. The number of ether oxygens (including phenoxy) is 1. The van der Waals surface area contributed by atoms with Crippen LogP contribution in [0.3, 0.4) is 0 Å². The van der Waals surface area contributed by atoms with E-state index in [-0.39, 0.29) is 17.7 Å². The first-order valence-corrected chi connectivity index (χ1v) is 8.06. The Kier molecular flexibility index (Phi) is 5.44. The van der Waals surface area contributed by atoms with Crippen molar-refractivity contribution >= 4 is 17.7 Å². The number of amides is 1. The number of carbonyl (C=O) groups is 1. The zero-order chi connectivity index (χ0) is 16.1. The van der Waals surface area contributed by atoms with E-state index in [9.17, 15) is 9.18 Å². The fraction of sp³-hybridized carbons (Fsp3) is 0.235. The predicted octanol–water partition coefficient (Wildman–Crippen LogP) is 4.05. The number of rotatable bonds is 5. The molecule has 0 unspecified atom stereocenters. The molecule has 0 aliphatic rings. The maximum Gasteiger partial charge on any atom is 0.251 e. The van der Waals surface area contributed by atoms with E-state index in [1.807, 2.05) is 25.3 Å². The first-order chi connectivity index (χ1) is 10.5. The molecule has 2 aromatic rings. The van der Waals surface area contributed by atoms with Gasteiger partial charge in [0.15, 0.2) is 11.6 Å². The number of methoxy groups -OCH3 is 1. The molecular weight excluding hydrogens is 301 g/mol. The van der Waals surface area contributed by atoms with E-state index in [0.717, 1.165) is 4.90 Å². The highest BCUT2D eigenvalue weighted by molar-refractivity contribution is 7.98. The van der Waals surface area contributed by atoms with E-state index < -0.39 is 5.82 Å². The van der Waals surface area contributed by atoms with Gasteiger partial charge in [-0.05, 0) is 55.1 Å². The summed E-state index contributed by atoms with van der Waals surface area (Å²) in [6.45, 7) is 1.81. The second kappa shape index (κ2) is 7.31. The van der Waals surface area contributed by atoms with Crippen molar-refractivity contribution < 1.29 is 13.9 Å². The Balaban J connectivity index is 2.08. The van der Waals surface area contributed by atoms with Crippen LogP contribution in [0.2, 0.25) is 0 Å². The Morgan fingerprint density at radius 1 is 1.23 bits per heavy atom. The molecule has 0 bridgehead atoms. The normalized spacial score (nSPS) is 11.8. The van der Waals surface area contributed by atoms with Gasteiger partial charge < -0.3 is 10.1 Å². The number of thioether (sulfide) groups is 1. The first kappa shape index (κ1) is 16.4. The van der Waals surface area contributed by atoms with Crippen LogP contribution in [0.4, 0.5) is 4.39 Å². The van der Waals surface area contributed by atoms with Crippen molar-refractivity contribution in [3.8, 4) is 5.75 Å². The summed E-state index contributed by atoms with van der Waals surface area (Å²) in [6, 6.07) is 11.7. The second-order valence-electron chi connectivity index (χ2n) is 4.82. The largest absolute Gasteiger partial charge is 0.494 e. The van der Waals surface area contributed by atoms with Crippen LogP contribution in [0, 0.1) is 5.82 Å². The van der Waals surface area contributed by atoms with E-state index >= 15 is 0 Å². The van der Waals surface area contributed by atoms with Crippen molar-refractivity contribution in [1.29, 1.82) is 0 Å². The summed E-state index contributed by atoms with van der Waals surface area (Å²) < 4.78 is 18.6. The van der Waals surface area contributed by atoms with Gasteiger partial charge in [0, 0.05) is 10.5 Å². The minimum Gasteiger partial charge on any atom is -0.494 e. The van der Waals surface area contributed by atoms with E-state index in [4.69, 9.17) is 4.74 Å². The molecule has 0 fully saturated rings. The fourth-order valence-electron chi connectivity index (χ4n) is 2.06. The van der Waals surface area contributed by atoms with Crippen molar-refractivity contribution in [3.05, 3.63) is 59.4 Å². The number of hydrogen-bond acceptors (Lipinski definition) is 3. The minimum absolute atomic E-state index is 0.184. The lowest BCUT2D eigenvalue weighted by Crippen LogP contribution is -2.26. The summed E-state index contributed by atoms with van der Waals surface area (Å²) in [5, 5.41) is 2.86. The van der Waals surface area contributed by atoms with E-state index in [0.29, 0.717) is 11.1 Å². The van der Waals surface area contributed by atoms with Crippen molar-refractivity contribution in [1.82, 2.24) is 5.32 Å². The predicted molar refractivity (Wildman–Crippen MR) is 87.1 cm³/mol. The lowest BCUT2D eigenvalue weighted by Gasteiger charge is -2.15. The van der Waals surface area contributed by atoms with Crippen LogP contribution in [0.5, 0.6) is 5.75 Å². The van der Waals surface area contributed by atoms with Gasteiger partial charge in [-0.2, -0.15) is 0 Å². The second-order valence-corrected chi connectivity index (χ2v) is 5.70. The summed E-state index contributed by atoms with van der Waals surface area (Å²) in [4.78, 5) is 13.3. The molecular formula is C17H18FNO2S.